The highest BCUT2D eigenvalue weighted by atomic mass is 16.7. The molecule has 0 aromatic carbocycles. The zero-order chi connectivity index (χ0) is 21.0. The number of nitrogens with one attached hydrogen (secondary N) is 1. The molecule has 0 aromatic rings. The molecule has 1 N–H and O–H groups in total. The standard InChI is InChI=1S/C17H19N3O9/c21-11(5-7-27-8-6-19-12(22)1-2-13(19)23)18-17(9-28-10-17)16(26)29-20-14(24)3-4-15(20)25/h1-2H,3-10H2,(H,18,21). The number of rotatable bonds is 9. The number of imide groups is 2. The van der Waals surface area contributed by atoms with Crippen LogP contribution in [-0.2, 0) is 43.1 Å². The quantitative estimate of drug-likeness (QED) is 0.331. The number of ether oxygens (including phenoxy) is 2. The lowest BCUT2D eigenvalue weighted by atomic mass is 9.97. The van der Waals surface area contributed by atoms with Crippen molar-refractivity contribution >= 4 is 35.5 Å². The Balaban J connectivity index is 1.39. The van der Waals surface area contributed by atoms with Crippen LogP contribution in [0, 0.1) is 0 Å². The molecule has 5 amide bonds. The summed E-state index contributed by atoms with van der Waals surface area (Å²) in [4.78, 5) is 76.2. The van der Waals surface area contributed by atoms with Crippen LogP contribution in [-0.4, -0.2) is 84.0 Å². The molecule has 0 unspecified atom stereocenters. The second-order valence-corrected chi connectivity index (χ2v) is 6.61. The molecule has 0 radical (unpaired) electrons. The van der Waals surface area contributed by atoms with E-state index in [0.717, 1.165) is 17.1 Å². The number of carbonyl (C=O) groups is 6. The predicted octanol–water partition coefficient (Wildman–Crippen LogP) is -2.19. The minimum atomic E-state index is -1.47. The van der Waals surface area contributed by atoms with E-state index in [1.54, 1.807) is 0 Å². The van der Waals surface area contributed by atoms with Gasteiger partial charge in [-0.05, 0) is 0 Å². The summed E-state index contributed by atoms with van der Waals surface area (Å²) in [6.45, 7) is -0.192. The van der Waals surface area contributed by atoms with E-state index in [9.17, 15) is 28.8 Å². The topological polar surface area (TPSA) is 149 Å². The van der Waals surface area contributed by atoms with Gasteiger partial charge in [-0.1, -0.05) is 0 Å². The van der Waals surface area contributed by atoms with Crippen molar-refractivity contribution in [2.45, 2.75) is 24.8 Å². The van der Waals surface area contributed by atoms with Crippen molar-refractivity contribution in [1.82, 2.24) is 15.3 Å². The van der Waals surface area contributed by atoms with E-state index in [1.165, 1.54) is 0 Å². The lowest BCUT2D eigenvalue weighted by molar-refractivity contribution is -0.214. The molecular weight excluding hydrogens is 390 g/mol. The molecule has 29 heavy (non-hydrogen) atoms. The van der Waals surface area contributed by atoms with Crippen molar-refractivity contribution in [1.29, 1.82) is 0 Å². The Labute approximate surface area is 164 Å². The molecule has 156 valence electrons. The first kappa shape index (κ1) is 20.6. The van der Waals surface area contributed by atoms with Crippen LogP contribution >= 0.6 is 0 Å². The minimum Gasteiger partial charge on any atom is -0.379 e. The van der Waals surface area contributed by atoms with Gasteiger partial charge >= 0.3 is 5.97 Å². The molecular formula is C17H19N3O9. The van der Waals surface area contributed by atoms with Crippen LogP contribution < -0.4 is 5.32 Å². The van der Waals surface area contributed by atoms with Gasteiger partial charge in [0.05, 0.1) is 33.0 Å². The molecule has 3 aliphatic heterocycles. The van der Waals surface area contributed by atoms with Gasteiger partial charge in [0.15, 0.2) is 5.54 Å². The first-order valence-corrected chi connectivity index (χ1v) is 8.91. The predicted molar refractivity (Wildman–Crippen MR) is 90.2 cm³/mol. The monoisotopic (exact) mass is 409 g/mol. The van der Waals surface area contributed by atoms with Crippen LogP contribution in [0.4, 0.5) is 0 Å². The van der Waals surface area contributed by atoms with Gasteiger partial charge in [0, 0.05) is 31.4 Å². The van der Waals surface area contributed by atoms with E-state index < -0.39 is 41.0 Å². The summed E-state index contributed by atoms with van der Waals surface area (Å²) in [7, 11) is 0. The average molecular weight is 409 g/mol. The molecule has 12 heteroatoms. The molecule has 12 nitrogen and oxygen atoms in total. The van der Waals surface area contributed by atoms with Crippen LogP contribution in [0.1, 0.15) is 19.3 Å². The Kier molecular flexibility index (Phi) is 6.03. The summed E-state index contributed by atoms with van der Waals surface area (Å²) in [5.41, 5.74) is -1.47. The molecule has 0 atom stereocenters. The maximum atomic E-state index is 12.3. The molecule has 3 rings (SSSR count). The first-order chi connectivity index (χ1) is 13.8. The third-order valence-corrected chi connectivity index (χ3v) is 4.48. The number of hydrogen-bond donors (Lipinski definition) is 1. The van der Waals surface area contributed by atoms with Crippen molar-refractivity contribution in [3.8, 4) is 0 Å². The normalized spacial score (nSPS) is 20.3. The van der Waals surface area contributed by atoms with Crippen molar-refractivity contribution in [3.63, 3.8) is 0 Å². The van der Waals surface area contributed by atoms with E-state index in [4.69, 9.17) is 14.3 Å². The Morgan fingerprint density at radius 3 is 2.21 bits per heavy atom. The Morgan fingerprint density at radius 1 is 1.03 bits per heavy atom. The molecule has 0 saturated carbocycles. The highest BCUT2D eigenvalue weighted by Gasteiger charge is 2.51. The smallest absolute Gasteiger partial charge is 0.363 e. The maximum Gasteiger partial charge on any atom is 0.363 e. The van der Waals surface area contributed by atoms with Gasteiger partial charge in [-0.25, -0.2) is 4.79 Å². The summed E-state index contributed by atoms with van der Waals surface area (Å²) >= 11 is 0. The van der Waals surface area contributed by atoms with Gasteiger partial charge in [0.25, 0.3) is 23.6 Å². The van der Waals surface area contributed by atoms with Crippen LogP contribution in [0.25, 0.3) is 0 Å². The lowest BCUT2D eigenvalue weighted by Crippen LogP contribution is -2.68. The Bertz CT molecular complexity index is 753. The average Bonchev–Trinajstić information content (AvgIpc) is 3.14. The van der Waals surface area contributed by atoms with Gasteiger partial charge in [0.2, 0.25) is 5.91 Å². The van der Waals surface area contributed by atoms with Gasteiger partial charge in [-0.15, -0.1) is 5.06 Å². The van der Waals surface area contributed by atoms with Gasteiger partial charge < -0.3 is 19.6 Å². The zero-order valence-electron chi connectivity index (χ0n) is 15.4. The maximum absolute atomic E-state index is 12.3. The molecule has 0 aliphatic carbocycles. The number of amides is 5. The Hall–Kier alpha value is -3.12. The van der Waals surface area contributed by atoms with Crippen LogP contribution in [0.5, 0.6) is 0 Å². The molecule has 0 bridgehead atoms. The largest absolute Gasteiger partial charge is 0.379 e. The first-order valence-electron chi connectivity index (χ1n) is 8.91. The fourth-order valence-electron chi connectivity index (χ4n) is 2.78. The third kappa shape index (κ3) is 4.49. The summed E-state index contributed by atoms with van der Waals surface area (Å²) in [5, 5.41) is 2.89. The molecule has 0 aromatic heterocycles. The molecule has 2 fully saturated rings. The SMILES string of the molecule is O=C(CCOCCN1C(=O)C=CC1=O)NC1(C(=O)ON2C(=O)CCC2=O)COC1. The van der Waals surface area contributed by atoms with Crippen molar-refractivity contribution in [2.24, 2.45) is 0 Å². The summed E-state index contributed by atoms with van der Waals surface area (Å²) in [6.07, 6.45) is 2.15. The second-order valence-electron chi connectivity index (χ2n) is 6.61. The fourth-order valence-corrected chi connectivity index (χ4v) is 2.78. The molecule has 3 heterocycles. The van der Waals surface area contributed by atoms with Crippen molar-refractivity contribution < 1.29 is 43.1 Å². The second kappa shape index (κ2) is 8.49. The number of hydroxylamine groups is 2. The number of hydrogen-bond acceptors (Lipinski definition) is 9. The lowest BCUT2D eigenvalue weighted by Gasteiger charge is -2.39. The van der Waals surface area contributed by atoms with E-state index in [0.29, 0.717) is 5.06 Å². The summed E-state index contributed by atoms with van der Waals surface area (Å²) in [5.74, 6) is -3.57. The highest BCUT2D eigenvalue weighted by Crippen LogP contribution is 2.22. The number of nitrogens with zero attached hydrogens (tertiary/aromatic N) is 2. The van der Waals surface area contributed by atoms with Crippen molar-refractivity contribution in [2.75, 3.05) is 33.0 Å². The highest BCUT2D eigenvalue weighted by molar-refractivity contribution is 6.12. The van der Waals surface area contributed by atoms with Crippen LogP contribution in [0.2, 0.25) is 0 Å². The van der Waals surface area contributed by atoms with Gasteiger partial charge in [-0.2, -0.15) is 0 Å². The summed E-state index contributed by atoms with van der Waals surface area (Å²) in [6, 6.07) is 0. The molecule has 3 aliphatic rings. The van der Waals surface area contributed by atoms with Crippen molar-refractivity contribution in [3.05, 3.63) is 12.2 Å². The van der Waals surface area contributed by atoms with E-state index in [2.05, 4.69) is 5.32 Å². The van der Waals surface area contributed by atoms with E-state index in [-0.39, 0.29) is 52.2 Å². The molecule has 0 spiro atoms. The van der Waals surface area contributed by atoms with E-state index in [1.807, 2.05) is 0 Å². The number of carbonyl (C=O) groups excluding carboxylic acids is 6. The van der Waals surface area contributed by atoms with E-state index >= 15 is 0 Å². The van der Waals surface area contributed by atoms with Crippen LogP contribution in [0.3, 0.4) is 0 Å². The van der Waals surface area contributed by atoms with Gasteiger partial charge in [-0.3, -0.25) is 28.9 Å². The fraction of sp³-hybridized carbons (Fsp3) is 0.529. The third-order valence-electron chi connectivity index (χ3n) is 4.48. The Morgan fingerprint density at radius 2 is 1.66 bits per heavy atom. The molecule has 2 saturated heterocycles. The summed E-state index contributed by atoms with van der Waals surface area (Å²) < 4.78 is 10.2. The van der Waals surface area contributed by atoms with Gasteiger partial charge in [0.1, 0.15) is 0 Å². The zero-order valence-corrected chi connectivity index (χ0v) is 15.4. The van der Waals surface area contributed by atoms with Crippen LogP contribution in [0.15, 0.2) is 12.2 Å². The minimum absolute atomic E-state index is 0.00936.